The van der Waals surface area contributed by atoms with Crippen LogP contribution in [0.1, 0.15) is 37.7 Å². The lowest BCUT2D eigenvalue weighted by molar-refractivity contribution is -0.128. The molecular weight excluding hydrogens is 266 g/mol. The summed E-state index contributed by atoms with van der Waals surface area (Å²) in [5.41, 5.74) is 1.08. The van der Waals surface area contributed by atoms with E-state index >= 15 is 0 Å². The summed E-state index contributed by atoms with van der Waals surface area (Å²) in [5, 5.41) is 12.5. The Morgan fingerprint density at radius 2 is 2.10 bits per heavy atom. The summed E-state index contributed by atoms with van der Waals surface area (Å²) >= 11 is 0. The van der Waals surface area contributed by atoms with Crippen LogP contribution in [0.3, 0.4) is 0 Å². The van der Waals surface area contributed by atoms with E-state index in [-0.39, 0.29) is 18.6 Å². The van der Waals surface area contributed by atoms with Gasteiger partial charge in [-0.25, -0.2) is 0 Å². The van der Waals surface area contributed by atoms with E-state index in [0.29, 0.717) is 12.3 Å². The van der Waals surface area contributed by atoms with Crippen molar-refractivity contribution in [2.45, 2.75) is 50.7 Å². The summed E-state index contributed by atoms with van der Waals surface area (Å²) in [6, 6.07) is 7.61. The molecule has 21 heavy (non-hydrogen) atoms. The number of para-hydroxylation sites is 1. The van der Waals surface area contributed by atoms with Gasteiger partial charge in [-0.1, -0.05) is 43.9 Å². The molecule has 3 rings (SSSR count). The van der Waals surface area contributed by atoms with Crippen LogP contribution < -0.4 is 10.1 Å². The van der Waals surface area contributed by atoms with E-state index in [9.17, 15) is 9.90 Å². The zero-order chi connectivity index (χ0) is 14.7. The third-order valence-electron chi connectivity index (χ3n) is 4.60. The molecule has 1 aromatic rings. The maximum atomic E-state index is 12.3. The second-order valence-corrected chi connectivity index (χ2v) is 6.19. The quantitative estimate of drug-likeness (QED) is 0.872. The van der Waals surface area contributed by atoms with E-state index in [2.05, 4.69) is 5.32 Å². The van der Waals surface area contributed by atoms with Gasteiger partial charge in [-0.05, 0) is 24.0 Å². The third-order valence-corrected chi connectivity index (χ3v) is 4.60. The maximum absolute atomic E-state index is 12.3. The molecule has 1 heterocycles. The Kier molecular flexibility index (Phi) is 4.44. The molecule has 0 radical (unpaired) electrons. The number of fused-ring (bicyclic) bond motifs is 1. The van der Waals surface area contributed by atoms with Crippen molar-refractivity contribution in [1.29, 1.82) is 0 Å². The minimum atomic E-state index is -0.458. The monoisotopic (exact) mass is 289 g/mol. The average molecular weight is 289 g/mol. The molecule has 0 bridgehead atoms. The Balaban J connectivity index is 1.53. The van der Waals surface area contributed by atoms with Gasteiger partial charge in [0.05, 0.1) is 12.6 Å². The first-order chi connectivity index (χ1) is 10.3. The van der Waals surface area contributed by atoms with Gasteiger partial charge in [0.2, 0.25) is 0 Å². The summed E-state index contributed by atoms with van der Waals surface area (Å²) in [4.78, 5) is 12.3. The molecule has 1 aliphatic heterocycles. The molecule has 114 valence electrons. The van der Waals surface area contributed by atoms with Gasteiger partial charge in [-0.3, -0.25) is 4.79 Å². The Morgan fingerprint density at radius 3 is 2.81 bits per heavy atom. The fourth-order valence-corrected chi connectivity index (χ4v) is 3.45. The highest BCUT2D eigenvalue weighted by Crippen LogP contribution is 2.30. The van der Waals surface area contributed by atoms with Gasteiger partial charge < -0.3 is 15.2 Å². The minimum Gasteiger partial charge on any atom is -0.480 e. The summed E-state index contributed by atoms with van der Waals surface area (Å²) in [7, 11) is 0. The van der Waals surface area contributed by atoms with Crippen LogP contribution in [0.2, 0.25) is 0 Å². The molecule has 0 spiro atoms. The molecule has 2 N–H and O–H groups in total. The molecular formula is C17H23NO3. The zero-order valence-corrected chi connectivity index (χ0v) is 12.3. The number of benzene rings is 1. The van der Waals surface area contributed by atoms with Crippen LogP contribution in [-0.2, 0) is 11.2 Å². The van der Waals surface area contributed by atoms with Crippen molar-refractivity contribution in [3.63, 3.8) is 0 Å². The fourth-order valence-electron chi connectivity index (χ4n) is 3.45. The van der Waals surface area contributed by atoms with Crippen molar-refractivity contribution >= 4 is 5.91 Å². The molecule has 0 saturated heterocycles. The number of hydrogen-bond acceptors (Lipinski definition) is 3. The second kappa shape index (κ2) is 6.48. The van der Waals surface area contributed by atoms with Crippen LogP contribution in [0.5, 0.6) is 5.75 Å². The van der Waals surface area contributed by atoms with Crippen LogP contribution in [0.15, 0.2) is 24.3 Å². The maximum Gasteiger partial charge on any atom is 0.261 e. The lowest BCUT2D eigenvalue weighted by Crippen LogP contribution is -2.45. The number of aliphatic hydroxyl groups excluding tert-OH is 1. The number of nitrogens with one attached hydrogen (secondary N) is 1. The highest BCUT2D eigenvalue weighted by molar-refractivity contribution is 5.82. The van der Waals surface area contributed by atoms with Gasteiger partial charge in [0.25, 0.3) is 5.91 Å². The average Bonchev–Trinajstić information content (AvgIpc) is 3.15. The molecule has 1 saturated carbocycles. The van der Waals surface area contributed by atoms with E-state index in [1.807, 2.05) is 24.3 Å². The number of aliphatic hydroxyl groups is 1. The number of rotatable bonds is 5. The first kappa shape index (κ1) is 14.4. The van der Waals surface area contributed by atoms with E-state index in [1.165, 1.54) is 25.7 Å². The molecule has 2 aliphatic rings. The second-order valence-electron chi connectivity index (χ2n) is 6.19. The number of ether oxygens (including phenoxy) is 1. The molecule has 1 aromatic carbocycles. The van der Waals surface area contributed by atoms with Crippen LogP contribution in [0.25, 0.3) is 0 Å². The lowest BCUT2D eigenvalue weighted by Gasteiger charge is -2.21. The van der Waals surface area contributed by atoms with Gasteiger partial charge in [0.1, 0.15) is 5.75 Å². The van der Waals surface area contributed by atoms with Crippen LogP contribution in [0, 0.1) is 5.92 Å². The van der Waals surface area contributed by atoms with Crippen LogP contribution >= 0.6 is 0 Å². The topological polar surface area (TPSA) is 58.6 Å². The summed E-state index contributed by atoms with van der Waals surface area (Å²) in [6.07, 6.45) is 6.02. The molecule has 0 unspecified atom stereocenters. The first-order valence-corrected chi connectivity index (χ1v) is 7.92. The summed E-state index contributed by atoms with van der Waals surface area (Å²) in [6.45, 7) is 0.00189. The number of carbonyl (C=O) groups is 1. The smallest absolute Gasteiger partial charge is 0.261 e. The van der Waals surface area contributed by atoms with Crippen molar-refractivity contribution in [1.82, 2.24) is 5.32 Å². The largest absolute Gasteiger partial charge is 0.480 e. The van der Waals surface area contributed by atoms with Crippen molar-refractivity contribution in [3.05, 3.63) is 29.8 Å². The number of amides is 1. The number of hydrogen-bond donors (Lipinski definition) is 2. The Morgan fingerprint density at radius 1 is 1.33 bits per heavy atom. The predicted molar refractivity (Wildman–Crippen MR) is 80.2 cm³/mol. The van der Waals surface area contributed by atoms with E-state index in [4.69, 9.17) is 4.74 Å². The molecule has 1 fully saturated rings. The Bertz CT molecular complexity index is 472. The Hall–Kier alpha value is -1.55. The Labute approximate surface area is 125 Å². The van der Waals surface area contributed by atoms with E-state index in [1.54, 1.807) is 0 Å². The van der Waals surface area contributed by atoms with E-state index < -0.39 is 6.10 Å². The summed E-state index contributed by atoms with van der Waals surface area (Å²) in [5.74, 6) is 1.33. The van der Waals surface area contributed by atoms with Gasteiger partial charge in [0, 0.05) is 6.42 Å². The summed E-state index contributed by atoms with van der Waals surface area (Å²) < 4.78 is 5.69. The van der Waals surface area contributed by atoms with Crippen molar-refractivity contribution in [2.24, 2.45) is 5.92 Å². The van der Waals surface area contributed by atoms with Crippen molar-refractivity contribution < 1.29 is 14.6 Å². The first-order valence-electron chi connectivity index (χ1n) is 7.92. The fraction of sp³-hybridized carbons (Fsp3) is 0.588. The highest BCUT2D eigenvalue weighted by atomic mass is 16.5. The lowest BCUT2D eigenvalue weighted by atomic mass is 9.98. The van der Waals surface area contributed by atoms with Gasteiger partial charge in [-0.15, -0.1) is 0 Å². The predicted octanol–water partition coefficient (Wildman–Crippen LogP) is 2.05. The van der Waals surface area contributed by atoms with Crippen molar-refractivity contribution in [2.75, 3.05) is 6.61 Å². The standard InChI is InChI=1S/C17H23NO3/c19-11-14(9-12-5-1-2-6-12)18-17(20)16-10-13-7-3-4-8-15(13)21-16/h3-4,7-8,12,14,16,19H,1-2,5-6,9-11H2,(H,18,20)/t14-,16+/m1/s1. The molecule has 4 heteroatoms. The highest BCUT2D eigenvalue weighted by Gasteiger charge is 2.30. The van der Waals surface area contributed by atoms with Crippen LogP contribution in [0.4, 0.5) is 0 Å². The zero-order valence-electron chi connectivity index (χ0n) is 12.3. The molecule has 4 nitrogen and oxygen atoms in total. The minimum absolute atomic E-state index is 0.00189. The molecule has 1 amide bonds. The molecule has 0 aromatic heterocycles. The van der Waals surface area contributed by atoms with Gasteiger partial charge in [0.15, 0.2) is 6.10 Å². The normalized spacial score (nSPS) is 22.6. The third kappa shape index (κ3) is 3.38. The van der Waals surface area contributed by atoms with Crippen LogP contribution in [-0.4, -0.2) is 29.8 Å². The van der Waals surface area contributed by atoms with Gasteiger partial charge >= 0.3 is 0 Å². The van der Waals surface area contributed by atoms with Crippen molar-refractivity contribution in [3.8, 4) is 5.75 Å². The molecule has 2 atom stereocenters. The SMILES string of the molecule is O=C(N[C@@H](CO)CC1CCCC1)[C@@H]1Cc2ccccc2O1. The number of carbonyl (C=O) groups excluding carboxylic acids is 1. The molecule has 1 aliphatic carbocycles. The van der Waals surface area contributed by atoms with Gasteiger partial charge in [-0.2, -0.15) is 0 Å². The van der Waals surface area contributed by atoms with E-state index in [0.717, 1.165) is 17.7 Å².